The number of anilines is 2. The predicted molar refractivity (Wildman–Crippen MR) is 98.9 cm³/mol. The highest BCUT2D eigenvalue weighted by Crippen LogP contribution is 2.21. The van der Waals surface area contributed by atoms with E-state index in [1.165, 1.54) is 6.92 Å². The molecule has 0 saturated heterocycles. The Bertz CT molecular complexity index is 795. The van der Waals surface area contributed by atoms with Crippen LogP contribution in [0.4, 0.5) is 11.4 Å². The quantitative estimate of drug-likeness (QED) is 0.622. The standard InChI is InChI=1S/C20H22N2O3/c1-4-15-7-5-6-13(2)20(15)22-19(25)12-18(24)21-17-10-8-16(9-11-17)14(3)23/h5-11H,4,12H2,1-3H3,(H,21,24)(H,22,25). The molecule has 130 valence electrons. The van der Waals surface area contributed by atoms with Crippen LogP contribution in [-0.2, 0) is 16.0 Å². The van der Waals surface area contributed by atoms with Crippen molar-refractivity contribution >= 4 is 29.0 Å². The summed E-state index contributed by atoms with van der Waals surface area (Å²) < 4.78 is 0. The van der Waals surface area contributed by atoms with E-state index in [4.69, 9.17) is 0 Å². The Hall–Kier alpha value is -2.95. The van der Waals surface area contributed by atoms with Gasteiger partial charge in [-0.05, 0) is 55.7 Å². The second-order valence-electron chi connectivity index (χ2n) is 5.87. The van der Waals surface area contributed by atoms with Gasteiger partial charge >= 0.3 is 0 Å². The number of nitrogens with one attached hydrogen (secondary N) is 2. The summed E-state index contributed by atoms with van der Waals surface area (Å²) in [5.41, 5.74) is 3.89. The van der Waals surface area contributed by atoms with Crippen LogP contribution >= 0.6 is 0 Å². The lowest BCUT2D eigenvalue weighted by atomic mass is 10.1. The number of carbonyl (C=O) groups is 3. The molecule has 2 aromatic rings. The average molecular weight is 338 g/mol. The molecule has 2 N–H and O–H groups in total. The van der Waals surface area contributed by atoms with Gasteiger partial charge in [-0.3, -0.25) is 14.4 Å². The summed E-state index contributed by atoms with van der Waals surface area (Å²) in [4.78, 5) is 35.4. The van der Waals surface area contributed by atoms with Crippen molar-refractivity contribution in [2.75, 3.05) is 10.6 Å². The minimum atomic E-state index is -0.403. The normalized spacial score (nSPS) is 10.2. The molecule has 5 heteroatoms. The molecule has 2 aromatic carbocycles. The number of carbonyl (C=O) groups excluding carboxylic acids is 3. The summed E-state index contributed by atoms with van der Waals surface area (Å²) in [5, 5.41) is 5.48. The van der Waals surface area contributed by atoms with Crippen molar-refractivity contribution in [1.29, 1.82) is 0 Å². The summed E-state index contributed by atoms with van der Waals surface area (Å²) in [6.45, 7) is 5.42. The first kappa shape index (κ1) is 18.4. The molecule has 0 heterocycles. The number of para-hydroxylation sites is 1. The van der Waals surface area contributed by atoms with Crippen LogP contribution in [0.5, 0.6) is 0 Å². The number of aryl methyl sites for hydroxylation is 2. The van der Waals surface area contributed by atoms with E-state index in [1.54, 1.807) is 24.3 Å². The maximum atomic E-state index is 12.2. The smallest absolute Gasteiger partial charge is 0.233 e. The first-order chi connectivity index (χ1) is 11.9. The van der Waals surface area contributed by atoms with Crippen molar-refractivity contribution < 1.29 is 14.4 Å². The molecule has 0 aliphatic carbocycles. The Kier molecular flexibility index (Phi) is 6.06. The highest BCUT2D eigenvalue weighted by atomic mass is 16.2. The molecule has 0 unspecified atom stereocenters. The average Bonchev–Trinajstić information content (AvgIpc) is 2.57. The van der Waals surface area contributed by atoms with Gasteiger partial charge in [0.05, 0.1) is 0 Å². The van der Waals surface area contributed by atoms with Gasteiger partial charge < -0.3 is 10.6 Å². The predicted octanol–water partition coefficient (Wildman–Crippen LogP) is 3.73. The number of amides is 2. The van der Waals surface area contributed by atoms with Crippen LogP contribution in [0.3, 0.4) is 0 Å². The number of hydrogen-bond donors (Lipinski definition) is 2. The van der Waals surface area contributed by atoms with Gasteiger partial charge in [-0.25, -0.2) is 0 Å². The molecule has 0 aliphatic rings. The lowest BCUT2D eigenvalue weighted by Crippen LogP contribution is -2.22. The lowest BCUT2D eigenvalue weighted by molar-refractivity contribution is -0.123. The Balaban J connectivity index is 1.96. The Morgan fingerprint density at radius 1 is 0.920 bits per heavy atom. The Morgan fingerprint density at radius 3 is 2.16 bits per heavy atom. The highest BCUT2D eigenvalue weighted by molar-refractivity contribution is 6.08. The van der Waals surface area contributed by atoms with Gasteiger partial charge in [-0.1, -0.05) is 25.1 Å². The first-order valence-electron chi connectivity index (χ1n) is 8.20. The number of benzene rings is 2. The van der Waals surface area contributed by atoms with Gasteiger partial charge in [0.25, 0.3) is 0 Å². The van der Waals surface area contributed by atoms with E-state index in [9.17, 15) is 14.4 Å². The topological polar surface area (TPSA) is 75.3 Å². The molecule has 0 aliphatic heterocycles. The number of hydrogen-bond acceptors (Lipinski definition) is 3. The van der Waals surface area contributed by atoms with E-state index >= 15 is 0 Å². The van der Waals surface area contributed by atoms with Crippen molar-refractivity contribution in [3.8, 4) is 0 Å². The molecular formula is C20H22N2O3. The van der Waals surface area contributed by atoms with E-state index in [0.29, 0.717) is 11.3 Å². The maximum Gasteiger partial charge on any atom is 0.233 e. The number of Topliss-reactive ketones (excluding diaryl/α,β-unsaturated/α-hetero) is 1. The van der Waals surface area contributed by atoms with Crippen molar-refractivity contribution in [1.82, 2.24) is 0 Å². The zero-order chi connectivity index (χ0) is 18.4. The van der Waals surface area contributed by atoms with Gasteiger partial charge in [0.15, 0.2) is 5.78 Å². The molecule has 0 radical (unpaired) electrons. The second-order valence-corrected chi connectivity index (χ2v) is 5.87. The minimum Gasteiger partial charge on any atom is -0.326 e. The molecule has 0 atom stereocenters. The van der Waals surface area contributed by atoms with Crippen LogP contribution in [0.15, 0.2) is 42.5 Å². The molecule has 2 amide bonds. The van der Waals surface area contributed by atoms with Gasteiger partial charge in [0.1, 0.15) is 6.42 Å². The van der Waals surface area contributed by atoms with Crippen LogP contribution < -0.4 is 10.6 Å². The van der Waals surface area contributed by atoms with E-state index in [2.05, 4.69) is 10.6 Å². The van der Waals surface area contributed by atoms with Gasteiger partial charge in [0, 0.05) is 16.9 Å². The van der Waals surface area contributed by atoms with Crippen LogP contribution in [0.1, 0.15) is 41.8 Å². The molecule has 0 aromatic heterocycles. The van der Waals surface area contributed by atoms with Gasteiger partial charge in [0.2, 0.25) is 11.8 Å². The third-order valence-electron chi connectivity index (χ3n) is 3.90. The fraction of sp³-hybridized carbons (Fsp3) is 0.250. The molecular weight excluding hydrogens is 316 g/mol. The largest absolute Gasteiger partial charge is 0.326 e. The minimum absolute atomic E-state index is 0.0396. The molecule has 0 saturated carbocycles. The zero-order valence-electron chi connectivity index (χ0n) is 14.7. The van der Waals surface area contributed by atoms with E-state index in [1.807, 2.05) is 32.0 Å². The summed E-state index contributed by atoms with van der Waals surface area (Å²) in [6.07, 6.45) is 0.526. The summed E-state index contributed by atoms with van der Waals surface area (Å²) >= 11 is 0. The molecule has 0 bridgehead atoms. The van der Waals surface area contributed by atoms with Crippen LogP contribution in [0.2, 0.25) is 0 Å². The third kappa shape index (κ3) is 5.01. The molecule has 5 nitrogen and oxygen atoms in total. The first-order valence-corrected chi connectivity index (χ1v) is 8.20. The van der Waals surface area contributed by atoms with E-state index < -0.39 is 5.91 Å². The van der Waals surface area contributed by atoms with Gasteiger partial charge in [-0.2, -0.15) is 0 Å². The zero-order valence-corrected chi connectivity index (χ0v) is 14.7. The van der Waals surface area contributed by atoms with Crippen LogP contribution in [0, 0.1) is 6.92 Å². The fourth-order valence-corrected chi connectivity index (χ4v) is 2.52. The monoisotopic (exact) mass is 338 g/mol. The van der Waals surface area contributed by atoms with Crippen molar-refractivity contribution in [2.24, 2.45) is 0 Å². The molecule has 0 fully saturated rings. The number of rotatable bonds is 6. The van der Waals surface area contributed by atoms with Crippen LogP contribution in [-0.4, -0.2) is 17.6 Å². The van der Waals surface area contributed by atoms with Crippen molar-refractivity contribution in [2.45, 2.75) is 33.6 Å². The lowest BCUT2D eigenvalue weighted by Gasteiger charge is -2.13. The maximum absolute atomic E-state index is 12.2. The summed E-state index contributed by atoms with van der Waals surface area (Å²) in [5.74, 6) is -0.802. The molecule has 2 rings (SSSR count). The second kappa shape index (κ2) is 8.24. The van der Waals surface area contributed by atoms with Crippen LogP contribution in [0.25, 0.3) is 0 Å². The summed E-state index contributed by atoms with van der Waals surface area (Å²) in [6, 6.07) is 12.4. The molecule has 0 spiro atoms. The van der Waals surface area contributed by atoms with E-state index in [-0.39, 0.29) is 18.1 Å². The summed E-state index contributed by atoms with van der Waals surface area (Å²) in [7, 11) is 0. The number of ketones is 1. The van der Waals surface area contributed by atoms with Crippen molar-refractivity contribution in [3.63, 3.8) is 0 Å². The van der Waals surface area contributed by atoms with Gasteiger partial charge in [-0.15, -0.1) is 0 Å². The SMILES string of the molecule is CCc1cccc(C)c1NC(=O)CC(=O)Nc1ccc(C(C)=O)cc1. The molecule has 25 heavy (non-hydrogen) atoms. The third-order valence-corrected chi connectivity index (χ3v) is 3.90. The highest BCUT2D eigenvalue weighted by Gasteiger charge is 2.13. The van der Waals surface area contributed by atoms with Crippen molar-refractivity contribution in [3.05, 3.63) is 59.2 Å². The van der Waals surface area contributed by atoms with E-state index in [0.717, 1.165) is 23.2 Å². The Labute approximate surface area is 147 Å². The Morgan fingerprint density at radius 2 is 1.56 bits per heavy atom. The fourth-order valence-electron chi connectivity index (χ4n) is 2.52.